The molecule has 162 valence electrons. The average Bonchev–Trinajstić information content (AvgIpc) is 2.70. The summed E-state index contributed by atoms with van der Waals surface area (Å²) >= 11 is 0. The molecular weight excluding hydrogens is 398 g/mol. The predicted molar refractivity (Wildman–Crippen MR) is 116 cm³/mol. The number of carbonyl (C=O) groups excluding carboxylic acids is 2. The van der Waals surface area contributed by atoms with Gasteiger partial charge in [-0.25, -0.2) is 14.4 Å². The van der Waals surface area contributed by atoms with Gasteiger partial charge in [-0.15, -0.1) is 0 Å². The first-order chi connectivity index (χ1) is 14.7. The molecule has 2 aromatic carbocycles. The Hall–Kier alpha value is -3.61. The van der Waals surface area contributed by atoms with Crippen LogP contribution in [0.4, 0.5) is 4.79 Å². The van der Waals surface area contributed by atoms with Crippen molar-refractivity contribution in [3.8, 4) is 5.75 Å². The van der Waals surface area contributed by atoms with E-state index in [9.17, 15) is 14.4 Å². The number of benzene rings is 2. The van der Waals surface area contributed by atoms with Crippen molar-refractivity contribution in [1.82, 2.24) is 5.32 Å². The average molecular weight is 423 g/mol. The van der Waals surface area contributed by atoms with Gasteiger partial charge in [0.2, 0.25) is 0 Å². The summed E-state index contributed by atoms with van der Waals surface area (Å²) in [6.07, 6.45) is -0.712. The van der Waals surface area contributed by atoms with E-state index in [1.807, 2.05) is 30.3 Å². The number of carbonyl (C=O) groups is 2. The lowest BCUT2D eigenvalue weighted by Crippen LogP contribution is -2.46. The van der Waals surface area contributed by atoms with Gasteiger partial charge in [0.05, 0.1) is 5.39 Å². The van der Waals surface area contributed by atoms with Crippen LogP contribution in [0.1, 0.15) is 30.5 Å². The van der Waals surface area contributed by atoms with E-state index in [1.54, 1.807) is 39.8 Å². The standard InChI is InChI=1S/C24H25NO6/c1-14(2)22(25-24(28)29-13-17-8-6-5-7-9-17)23(27)31-19-11-15(3)10-18-21(19)16(4)12-20(26)30-18/h5-12,14,22H,13H2,1-4H3,(H,25,28)/t22-/m1/s1. The second-order valence-electron chi connectivity index (χ2n) is 7.73. The van der Waals surface area contributed by atoms with Crippen LogP contribution in [0, 0.1) is 19.8 Å². The van der Waals surface area contributed by atoms with Crippen molar-refractivity contribution < 1.29 is 23.5 Å². The first-order valence-electron chi connectivity index (χ1n) is 9.98. The number of fused-ring (bicyclic) bond motifs is 1. The van der Waals surface area contributed by atoms with Crippen molar-refractivity contribution in [2.75, 3.05) is 0 Å². The van der Waals surface area contributed by atoms with E-state index in [-0.39, 0.29) is 18.3 Å². The van der Waals surface area contributed by atoms with E-state index >= 15 is 0 Å². The Labute approximate surface area is 180 Å². The van der Waals surface area contributed by atoms with Gasteiger partial charge >= 0.3 is 17.7 Å². The van der Waals surface area contributed by atoms with Crippen molar-refractivity contribution in [3.05, 3.63) is 75.6 Å². The van der Waals surface area contributed by atoms with Crippen molar-refractivity contribution in [1.29, 1.82) is 0 Å². The fourth-order valence-corrected chi connectivity index (χ4v) is 3.22. The van der Waals surface area contributed by atoms with Crippen molar-refractivity contribution in [2.24, 2.45) is 5.92 Å². The number of amides is 1. The Morgan fingerprint density at radius 3 is 2.45 bits per heavy atom. The highest BCUT2D eigenvalue weighted by Crippen LogP contribution is 2.30. The number of esters is 1. The van der Waals surface area contributed by atoms with Gasteiger partial charge in [-0.3, -0.25) is 0 Å². The van der Waals surface area contributed by atoms with Crippen molar-refractivity contribution >= 4 is 23.0 Å². The maximum absolute atomic E-state index is 12.9. The lowest BCUT2D eigenvalue weighted by atomic mass is 10.0. The van der Waals surface area contributed by atoms with Gasteiger partial charge < -0.3 is 19.2 Å². The minimum atomic E-state index is -0.921. The molecule has 0 unspecified atom stereocenters. The van der Waals surface area contributed by atoms with E-state index < -0.39 is 23.7 Å². The third-order valence-corrected chi connectivity index (χ3v) is 4.77. The minimum absolute atomic E-state index is 0.0906. The topological polar surface area (TPSA) is 94.8 Å². The van der Waals surface area contributed by atoms with Gasteiger partial charge in [-0.1, -0.05) is 44.2 Å². The molecule has 3 rings (SSSR count). The van der Waals surface area contributed by atoms with Crippen LogP contribution in [0.3, 0.4) is 0 Å². The zero-order valence-electron chi connectivity index (χ0n) is 17.9. The lowest BCUT2D eigenvalue weighted by Gasteiger charge is -2.21. The van der Waals surface area contributed by atoms with Gasteiger partial charge in [0.25, 0.3) is 0 Å². The lowest BCUT2D eigenvalue weighted by molar-refractivity contribution is -0.137. The Bertz CT molecular complexity index is 1150. The molecule has 7 heteroatoms. The highest BCUT2D eigenvalue weighted by atomic mass is 16.6. The molecule has 1 amide bonds. The number of ether oxygens (including phenoxy) is 2. The summed E-state index contributed by atoms with van der Waals surface area (Å²) < 4.78 is 16.1. The Kier molecular flexibility index (Phi) is 6.74. The van der Waals surface area contributed by atoms with E-state index in [2.05, 4.69) is 5.32 Å². The van der Waals surface area contributed by atoms with Gasteiger partial charge in [-0.05, 0) is 48.6 Å². The summed E-state index contributed by atoms with van der Waals surface area (Å²) in [5.41, 5.74) is 2.09. The summed E-state index contributed by atoms with van der Waals surface area (Å²) in [5.74, 6) is -0.609. The summed E-state index contributed by atoms with van der Waals surface area (Å²) in [6.45, 7) is 7.22. The molecule has 0 fully saturated rings. The predicted octanol–water partition coefficient (Wildman–Crippen LogP) is 4.27. The molecule has 0 aliphatic rings. The molecule has 7 nitrogen and oxygen atoms in total. The largest absolute Gasteiger partial charge is 0.445 e. The van der Waals surface area contributed by atoms with Crippen LogP contribution in [-0.4, -0.2) is 18.1 Å². The second kappa shape index (κ2) is 9.47. The molecule has 31 heavy (non-hydrogen) atoms. The summed E-state index contributed by atoms with van der Waals surface area (Å²) in [4.78, 5) is 36.9. The highest BCUT2D eigenvalue weighted by molar-refractivity contribution is 5.91. The van der Waals surface area contributed by atoms with Crippen molar-refractivity contribution in [2.45, 2.75) is 40.3 Å². The van der Waals surface area contributed by atoms with E-state index in [0.29, 0.717) is 16.5 Å². The van der Waals surface area contributed by atoms with Gasteiger partial charge in [0, 0.05) is 6.07 Å². The quantitative estimate of drug-likeness (QED) is 0.362. The number of nitrogens with one attached hydrogen (secondary N) is 1. The molecule has 1 atom stereocenters. The molecular formula is C24H25NO6. The van der Waals surface area contributed by atoms with Crippen LogP contribution in [0.25, 0.3) is 11.0 Å². The first kappa shape index (κ1) is 22.1. The molecule has 1 N–H and O–H groups in total. The Balaban J connectivity index is 1.77. The third kappa shape index (κ3) is 5.51. The fraction of sp³-hybridized carbons (Fsp3) is 0.292. The monoisotopic (exact) mass is 423 g/mol. The molecule has 3 aromatic rings. The minimum Gasteiger partial charge on any atom is -0.445 e. The zero-order valence-corrected chi connectivity index (χ0v) is 17.9. The molecule has 0 radical (unpaired) electrons. The number of aryl methyl sites for hydroxylation is 2. The number of alkyl carbamates (subject to hydrolysis) is 1. The SMILES string of the molecule is Cc1cc(OC(=O)[C@H](NC(=O)OCc2ccccc2)C(C)C)c2c(C)cc(=O)oc2c1. The molecule has 1 aromatic heterocycles. The van der Waals surface area contributed by atoms with E-state index in [1.165, 1.54) is 6.07 Å². The number of hydrogen-bond acceptors (Lipinski definition) is 6. The Morgan fingerprint density at radius 2 is 1.77 bits per heavy atom. The first-order valence-corrected chi connectivity index (χ1v) is 9.98. The van der Waals surface area contributed by atoms with Gasteiger partial charge in [-0.2, -0.15) is 0 Å². The van der Waals surface area contributed by atoms with Crippen LogP contribution >= 0.6 is 0 Å². The molecule has 0 aliphatic carbocycles. The highest BCUT2D eigenvalue weighted by Gasteiger charge is 2.28. The van der Waals surface area contributed by atoms with E-state index in [4.69, 9.17) is 13.9 Å². The maximum atomic E-state index is 12.9. The molecule has 0 aliphatic heterocycles. The van der Waals surface area contributed by atoms with Gasteiger partial charge in [0.1, 0.15) is 24.0 Å². The fourth-order valence-electron chi connectivity index (χ4n) is 3.22. The van der Waals surface area contributed by atoms with E-state index in [0.717, 1.165) is 11.1 Å². The Morgan fingerprint density at radius 1 is 1.06 bits per heavy atom. The van der Waals surface area contributed by atoms with Crippen LogP contribution < -0.4 is 15.7 Å². The number of hydrogen-bond donors (Lipinski definition) is 1. The number of rotatable bonds is 6. The van der Waals surface area contributed by atoms with Crippen molar-refractivity contribution in [3.63, 3.8) is 0 Å². The summed E-state index contributed by atoms with van der Waals surface area (Å²) in [7, 11) is 0. The summed E-state index contributed by atoms with van der Waals surface area (Å²) in [5, 5.41) is 3.12. The normalized spacial score (nSPS) is 11.9. The van der Waals surface area contributed by atoms with Crippen LogP contribution in [0.2, 0.25) is 0 Å². The maximum Gasteiger partial charge on any atom is 0.408 e. The molecule has 0 saturated heterocycles. The zero-order chi connectivity index (χ0) is 22.5. The molecule has 1 heterocycles. The summed E-state index contributed by atoms with van der Waals surface area (Å²) in [6, 6.07) is 13.1. The second-order valence-corrected chi connectivity index (χ2v) is 7.73. The molecule has 0 bridgehead atoms. The van der Waals surface area contributed by atoms with Gasteiger partial charge in [0.15, 0.2) is 0 Å². The third-order valence-electron chi connectivity index (χ3n) is 4.77. The smallest absolute Gasteiger partial charge is 0.408 e. The van der Waals surface area contributed by atoms with Crippen LogP contribution in [-0.2, 0) is 16.1 Å². The molecule has 0 saturated carbocycles. The van der Waals surface area contributed by atoms with Crippen LogP contribution in [0.5, 0.6) is 5.75 Å². The molecule has 0 spiro atoms. The van der Waals surface area contributed by atoms with Crippen LogP contribution in [0.15, 0.2) is 57.7 Å².